The summed E-state index contributed by atoms with van der Waals surface area (Å²) in [5.41, 5.74) is 5.67. The first-order valence-corrected chi connectivity index (χ1v) is 9.35. The summed E-state index contributed by atoms with van der Waals surface area (Å²) in [7, 11) is 0. The number of nitrogens with one attached hydrogen (secondary N) is 1. The minimum Gasteiger partial charge on any atom is -0.390 e. The van der Waals surface area contributed by atoms with Gasteiger partial charge in [0.05, 0.1) is 25.6 Å². The van der Waals surface area contributed by atoms with Gasteiger partial charge in [-0.3, -0.25) is 14.3 Å². The van der Waals surface area contributed by atoms with E-state index in [1.54, 1.807) is 11.5 Å². The molecule has 4 N–H and O–H groups in total. The van der Waals surface area contributed by atoms with Gasteiger partial charge in [0.1, 0.15) is 17.8 Å². The molecule has 10 heteroatoms. The standard InChI is InChI=1S/C19H21N5O5/c1-10(25)19-8-28-13(14(19)27-7-11-5-3-2-4-6-11)17(29-19)24-9-21-12-15(24)22-18(20)23-16(12)26/h2-6,9-10,13-14,17,25H,7-8H2,1H3,(H3,20,22,23,26)/t10?,13-,14+,17-,19-/m1/s1. The van der Waals surface area contributed by atoms with E-state index >= 15 is 0 Å². The molecule has 0 amide bonds. The maximum atomic E-state index is 12.1. The Kier molecular flexibility index (Phi) is 4.17. The maximum absolute atomic E-state index is 12.1. The van der Waals surface area contributed by atoms with Gasteiger partial charge in [-0.2, -0.15) is 4.98 Å². The summed E-state index contributed by atoms with van der Waals surface area (Å²) in [5.74, 6) is -0.0181. The number of imidazole rings is 1. The molecule has 29 heavy (non-hydrogen) atoms. The van der Waals surface area contributed by atoms with E-state index in [0.717, 1.165) is 5.56 Å². The van der Waals surface area contributed by atoms with Gasteiger partial charge in [0.15, 0.2) is 17.4 Å². The summed E-state index contributed by atoms with van der Waals surface area (Å²) in [6.07, 6.45) is -1.06. The third-order valence-corrected chi connectivity index (χ3v) is 5.61. The molecular formula is C19H21N5O5. The Morgan fingerprint density at radius 2 is 2.24 bits per heavy atom. The third-order valence-electron chi connectivity index (χ3n) is 5.61. The fraction of sp³-hybridized carbons (Fsp3) is 0.421. The molecule has 1 unspecified atom stereocenters. The Morgan fingerprint density at radius 3 is 3.00 bits per heavy atom. The fourth-order valence-electron chi connectivity index (χ4n) is 4.10. The number of anilines is 1. The van der Waals surface area contributed by atoms with Gasteiger partial charge in [-0.25, -0.2) is 4.98 Å². The molecule has 2 aliphatic heterocycles. The zero-order valence-electron chi connectivity index (χ0n) is 15.7. The highest BCUT2D eigenvalue weighted by molar-refractivity contribution is 5.70. The number of aromatic nitrogens is 4. The summed E-state index contributed by atoms with van der Waals surface area (Å²) in [5, 5.41) is 10.5. The normalized spacial score (nSPS) is 29.5. The summed E-state index contributed by atoms with van der Waals surface area (Å²) in [6, 6.07) is 9.74. The zero-order valence-corrected chi connectivity index (χ0v) is 15.7. The predicted molar refractivity (Wildman–Crippen MR) is 102 cm³/mol. The van der Waals surface area contributed by atoms with Crippen LogP contribution in [0, 0.1) is 0 Å². The predicted octanol–water partition coefficient (Wildman–Crippen LogP) is 0.334. The van der Waals surface area contributed by atoms with Crippen molar-refractivity contribution >= 4 is 17.1 Å². The molecule has 2 bridgehead atoms. The Hall–Kier alpha value is -2.79. The Morgan fingerprint density at radius 1 is 1.45 bits per heavy atom. The number of fused-ring (bicyclic) bond motifs is 3. The number of benzene rings is 1. The molecule has 0 spiro atoms. The molecular weight excluding hydrogens is 378 g/mol. The number of aliphatic hydroxyl groups excluding tert-OH is 1. The van der Waals surface area contributed by atoms with E-state index in [1.165, 1.54) is 6.33 Å². The first kappa shape index (κ1) is 18.3. The van der Waals surface area contributed by atoms with Crippen LogP contribution >= 0.6 is 0 Å². The molecule has 2 fully saturated rings. The number of H-pyrrole nitrogens is 1. The van der Waals surface area contributed by atoms with Crippen molar-refractivity contribution in [2.24, 2.45) is 0 Å². The minimum absolute atomic E-state index is 0.0181. The Bertz CT molecular complexity index is 1100. The topological polar surface area (TPSA) is 138 Å². The monoisotopic (exact) mass is 399 g/mol. The molecule has 0 radical (unpaired) electrons. The number of nitrogens with two attached hydrogens (primary N) is 1. The van der Waals surface area contributed by atoms with Crippen LogP contribution in [0.5, 0.6) is 0 Å². The van der Waals surface area contributed by atoms with Crippen molar-refractivity contribution in [3.8, 4) is 0 Å². The second-order valence-corrected chi connectivity index (χ2v) is 7.41. The first-order chi connectivity index (χ1) is 14.0. The summed E-state index contributed by atoms with van der Waals surface area (Å²) in [4.78, 5) is 22.8. The van der Waals surface area contributed by atoms with Gasteiger partial charge in [-0.15, -0.1) is 0 Å². The van der Waals surface area contributed by atoms with E-state index in [0.29, 0.717) is 6.61 Å². The van der Waals surface area contributed by atoms with Crippen LogP contribution < -0.4 is 11.3 Å². The number of aliphatic hydroxyl groups is 1. The van der Waals surface area contributed by atoms with Crippen LogP contribution in [0.25, 0.3) is 11.2 Å². The minimum atomic E-state index is -1.03. The average molecular weight is 399 g/mol. The molecule has 5 atom stereocenters. The van der Waals surface area contributed by atoms with E-state index in [9.17, 15) is 9.90 Å². The Balaban J connectivity index is 1.50. The van der Waals surface area contributed by atoms with Crippen LogP contribution in [0.1, 0.15) is 18.7 Å². The van der Waals surface area contributed by atoms with E-state index in [1.807, 2.05) is 30.3 Å². The van der Waals surface area contributed by atoms with E-state index in [2.05, 4.69) is 15.0 Å². The second-order valence-electron chi connectivity index (χ2n) is 7.41. The van der Waals surface area contributed by atoms with Gasteiger partial charge < -0.3 is 25.1 Å². The summed E-state index contributed by atoms with van der Waals surface area (Å²) in [6.45, 7) is 2.21. The van der Waals surface area contributed by atoms with Crippen molar-refractivity contribution in [3.63, 3.8) is 0 Å². The lowest BCUT2D eigenvalue weighted by Crippen LogP contribution is -2.50. The zero-order chi connectivity index (χ0) is 20.2. The number of aromatic amines is 1. The van der Waals surface area contributed by atoms with Gasteiger partial charge in [-0.05, 0) is 12.5 Å². The number of rotatable bonds is 5. The highest BCUT2D eigenvalue weighted by Gasteiger charge is 2.65. The lowest BCUT2D eigenvalue weighted by atomic mass is 9.93. The molecule has 4 heterocycles. The molecule has 5 rings (SSSR count). The SMILES string of the molecule is CC(O)[C@@]12CO[C@@H]([C@H](n3cnc4c(=O)[nH]c(N)nc43)O1)[C@@H]2OCc1ccccc1. The van der Waals surface area contributed by atoms with Gasteiger partial charge in [0, 0.05) is 0 Å². The number of nitrogens with zero attached hydrogens (tertiary/aromatic N) is 3. The third kappa shape index (κ3) is 2.76. The van der Waals surface area contributed by atoms with Crippen molar-refractivity contribution in [3.05, 3.63) is 52.6 Å². The van der Waals surface area contributed by atoms with Crippen LogP contribution in [0.4, 0.5) is 5.95 Å². The smallest absolute Gasteiger partial charge is 0.280 e. The highest BCUT2D eigenvalue weighted by Crippen LogP contribution is 2.49. The number of nitrogen functional groups attached to an aromatic ring is 1. The van der Waals surface area contributed by atoms with E-state index in [-0.39, 0.29) is 23.7 Å². The van der Waals surface area contributed by atoms with Crippen molar-refractivity contribution in [2.45, 2.75) is 43.7 Å². The number of ether oxygens (including phenoxy) is 3. The van der Waals surface area contributed by atoms with Crippen LogP contribution in [-0.4, -0.2) is 55.1 Å². The fourth-order valence-corrected chi connectivity index (χ4v) is 4.10. The van der Waals surface area contributed by atoms with Crippen LogP contribution in [0.3, 0.4) is 0 Å². The number of hydrogen-bond acceptors (Lipinski definition) is 8. The molecule has 3 aromatic rings. The molecule has 152 valence electrons. The molecule has 10 nitrogen and oxygen atoms in total. The van der Waals surface area contributed by atoms with Crippen LogP contribution in [0.15, 0.2) is 41.5 Å². The quantitative estimate of drug-likeness (QED) is 0.558. The van der Waals surface area contributed by atoms with E-state index < -0.39 is 35.7 Å². The number of hydrogen-bond donors (Lipinski definition) is 3. The molecule has 1 aromatic carbocycles. The van der Waals surface area contributed by atoms with Crippen LogP contribution in [0.2, 0.25) is 0 Å². The summed E-state index contributed by atoms with van der Waals surface area (Å²) < 4.78 is 20.0. The highest BCUT2D eigenvalue weighted by atomic mass is 16.7. The lowest BCUT2D eigenvalue weighted by Gasteiger charge is -2.34. The first-order valence-electron chi connectivity index (χ1n) is 9.35. The van der Waals surface area contributed by atoms with Crippen molar-refractivity contribution < 1.29 is 19.3 Å². The van der Waals surface area contributed by atoms with Gasteiger partial charge in [-0.1, -0.05) is 30.3 Å². The van der Waals surface area contributed by atoms with Crippen molar-refractivity contribution in [1.82, 2.24) is 19.5 Å². The van der Waals surface area contributed by atoms with Crippen molar-refractivity contribution in [1.29, 1.82) is 0 Å². The van der Waals surface area contributed by atoms with Gasteiger partial charge in [0.2, 0.25) is 5.95 Å². The van der Waals surface area contributed by atoms with Gasteiger partial charge >= 0.3 is 0 Å². The second kappa shape index (κ2) is 6.63. The van der Waals surface area contributed by atoms with Gasteiger partial charge in [0.25, 0.3) is 5.56 Å². The molecule has 2 aliphatic rings. The van der Waals surface area contributed by atoms with E-state index in [4.69, 9.17) is 19.9 Å². The molecule has 2 aromatic heterocycles. The maximum Gasteiger partial charge on any atom is 0.280 e. The lowest BCUT2D eigenvalue weighted by molar-refractivity contribution is -0.207. The largest absolute Gasteiger partial charge is 0.390 e. The molecule has 0 aliphatic carbocycles. The molecule has 0 saturated carbocycles. The average Bonchev–Trinajstić information content (AvgIpc) is 3.37. The van der Waals surface area contributed by atoms with Crippen molar-refractivity contribution in [2.75, 3.05) is 12.3 Å². The molecule has 2 saturated heterocycles. The Labute approximate surface area is 165 Å². The van der Waals surface area contributed by atoms with Crippen LogP contribution in [-0.2, 0) is 20.8 Å². The summed E-state index contributed by atoms with van der Waals surface area (Å²) >= 11 is 0.